The number of thioether (sulfide) groups is 1. The summed E-state index contributed by atoms with van der Waals surface area (Å²) >= 11 is 2.39. The number of rotatable bonds is 12. The van der Waals surface area contributed by atoms with Crippen LogP contribution in [0.15, 0.2) is 60.2 Å². The molecule has 2 aromatic heterocycles. The molecule has 2 amide bonds. The third kappa shape index (κ3) is 6.25. The minimum Gasteiger partial charge on any atom is -0.391 e. The van der Waals surface area contributed by atoms with Gasteiger partial charge in [-0.3, -0.25) is 23.7 Å². The fraction of sp³-hybridized carbons (Fsp3) is 0.333. The van der Waals surface area contributed by atoms with Crippen molar-refractivity contribution in [3.05, 3.63) is 60.8 Å². The van der Waals surface area contributed by atoms with E-state index >= 15 is 0 Å². The lowest BCUT2D eigenvalue weighted by molar-refractivity contribution is -0.689. The largest absolute Gasteiger partial charge is 0.434 e. The Balaban J connectivity index is 1.44. The van der Waals surface area contributed by atoms with Crippen molar-refractivity contribution in [2.75, 3.05) is 31.7 Å². The molecular formula is C21H25N7O6PS2+. The van der Waals surface area contributed by atoms with E-state index in [0.717, 1.165) is 17.1 Å². The summed E-state index contributed by atoms with van der Waals surface area (Å²) in [7, 11) is -1.20. The standard InChI is InChI=1S/C21H24N7O6PS2/c1-4-10-34-24-15(17-23-21(37-26-17)25-35(31,32-2)33-3)18(29)22-16-19(30)28-12-14(13-36-20(16)28)11-27-8-6-5-7-9-27/h4-9,12,16,20H,1,10-11,13H2,2-3H3,(H-,22,23,25,26,29,31)/p+1/b24-15-/t16?,20-/m1/s1. The van der Waals surface area contributed by atoms with Crippen molar-refractivity contribution in [3.8, 4) is 0 Å². The first-order chi connectivity index (χ1) is 17.9. The number of nitrogens with one attached hydrogen (secondary N) is 2. The van der Waals surface area contributed by atoms with Crippen molar-refractivity contribution in [1.82, 2.24) is 19.6 Å². The molecule has 4 heterocycles. The SMILES string of the molecule is C=CCO/N=C(\C(=O)NC1C(=O)N2C=C(C[n+]3ccccc3)CS[C@H]12)c1nsc(NP(=O)(OC)OC)n1. The number of aromatic nitrogens is 3. The van der Waals surface area contributed by atoms with E-state index in [2.05, 4.69) is 31.5 Å². The van der Waals surface area contributed by atoms with E-state index < -0.39 is 19.7 Å². The molecule has 0 aliphatic carbocycles. The third-order valence-corrected chi connectivity index (χ3v) is 8.81. The molecule has 1 unspecified atom stereocenters. The van der Waals surface area contributed by atoms with Crippen LogP contribution in [0.1, 0.15) is 5.82 Å². The molecule has 13 nitrogen and oxygen atoms in total. The molecule has 2 aliphatic heterocycles. The van der Waals surface area contributed by atoms with Crippen molar-refractivity contribution in [2.45, 2.75) is 18.0 Å². The molecule has 1 fully saturated rings. The highest BCUT2D eigenvalue weighted by molar-refractivity contribution is 8.00. The van der Waals surface area contributed by atoms with E-state index in [4.69, 9.17) is 13.9 Å². The van der Waals surface area contributed by atoms with Crippen LogP contribution in [0.4, 0.5) is 5.13 Å². The number of hydrogen-bond acceptors (Lipinski definition) is 11. The number of hydrogen-bond donors (Lipinski definition) is 2. The Labute approximate surface area is 221 Å². The maximum Gasteiger partial charge on any atom is 0.434 e. The number of fused-ring (bicyclic) bond motifs is 1. The summed E-state index contributed by atoms with van der Waals surface area (Å²) < 4.78 is 28.1. The molecule has 16 heteroatoms. The lowest BCUT2D eigenvalue weighted by Crippen LogP contribution is -2.69. The Morgan fingerprint density at radius 1 is 1.35 bits per heavy atom. The van der Waals surface area contributed by atoms with Crippen molar-refractivity contribution in [1.29, 1.82) is 0 Å². The molecule has 2 aliphatic rings. The number of amides is 2. The van der Waals surface area contributed by atoms with E-state index in [0.29, 0.717) is 12.3 Å². The Morgan fingerprint density at radius 2 is 2.11 bits per heavy atom. The summed E-state index contributed by atoms with van der Waals surface area (Å²) in [6.45, 7) is 4.25. The quantitative estimate of drug-likeness (QED) is 0.0737. The van der Waals surface area contributed by atoms with Crippen LogP contribution in [0.5, 0.6) is 0 Å². The maximum atomic E-state index is 13.1. The van der Waals surface area contributed by atoms with E-state index in [1.807, 2.05) is 41.4 Å². The number of carbonyl (C=O) groups excluding carboxylic acids is 2. The van der Waals surface area contributed by atoms with Gasteiger partial charge in [0.05, 0.1) is 0 Å². The molecule has 0 spiro atoms. The van der Waals surface area contributed by atoms with Gasteiger partial charge in [-0.1, -0.05) is 23.9 Å². The molecular weight excluding hydrogens is 541 g/mol. The Morgan fingerprint density at radius 3 is 2.81 bits per heavy atom. The fourth-order valence-corrected chi connectivity index (χ4v) is 6.21. The zero-order chi connectivity index (χ0) is 26.4. The number of nitrogens with zero attached hydrogens (tertiary/aromatic N) is 5. The summed E-state index contributed by atoms with van der Waals surface area (Å²) in [5.41, 5.74) is 0.839. The van der Waals surface area contributed by atoms with Crippen LogP contribution in [0.25, 0.3) is 0 Å². The summed E-state index contributed by atoms with van der Waals surface area (Å²) in [5, 5.41) is 8.89. The van der Waals surface area contributed by atoms with Gasteiger partial charge in [0.1, 0.15) is 18.0 Å². The van der Waals surface area contributed by atoms with Gasteiger partial charge >= 0.3 is 7.75 Å². The lowest BCUT2D eigenvalue weighted by Gasteiger charge is -2.47. The summed E-state index contributed by atoms with van der Waals surface area (Å²) in [4.78, 5) is 36.8. The molecule has 0 radical (unpaired) electrons. The Hall–Kier alpha value is -3.10. The van der Waals surface area contributed by atoms with Gasteiger partial charge in [0.25, 0.3) is 11.8 Å². The van der Waals surface area contributed by atoms with Crippen LogP contribution in [-0.2, 0) is 34.6 Å². The first kappa shape index (κ1) is 26.9. The monoisotopic (exact) mass is 566 g/mol. The molecule has 2 aromatic rings. The smallest absolute Gasteiger partial charge is 0.391 e. The molecule has 4 rings (SSSR count). The van der Waals surface area contributed by atoms with Crippen LogP contribution in [0.2, 0.25) is 0 Å². The number of oxime groups is 1. The molecule has 0 saturated carbocycles. The zero-order valence-electron chi connectivity index (χ0n) is 20.0. The molecule has 0 bridgehead atoms. The molecule has 0 aromatic carbocycles. The van der Waals surface area contributed by atoms with Crippen LogP contribution in [-0.4, -0.2) is 69.8 Å². The molecule has 37 heavy (non-hydrogen) atoms. The van der Waals surface area contributed by atoms with Gasteiger partial charge in [0.15, 0.2) is 18.9 Å². The second-order valence-electron chi connectivity index (χ2n) is 7.66. The highest BCUT2D eigenvalue weighted by Crippen LogP contribution is 2.46. The van der Waals surface area contributed by atoms with Crippen LogP contribution < -0.4 is 15.0 Å². The van der Waals surface area contributed by atoms with Crippen molar-refractivity contribution in [3.63, 3.8) is 0 Å². The average molecular weight is 567 g/mol. The zero-order valence-corrected chi connectivity index (χ0v) is 22.5. The van der Waals surface area contributed by atoms with Crippen molar-refractivity contribution in [2.24, 2.45) is 5.16 Å². The maximum absolute atomic E-state index is 13.1. The molecule has 2 atom stereocenters. The topological polar surface area (TPSA) is 148 Å². The Kier molecular flexibility index (Phi) is 8.71. The van der Waals surface area contributed by atoms with Gasteiger partial charge in [-0.2, -0.15) is 9.36 Å². The van der Waals surface area contributed by atoms with Crippen LogP contribution >= 0.6 is 31.0 Å². The fourth-order valence-electron chi connectivity index (χ4n) is 3.42. The summed E-state index contributed by atoms with van der Waals surface area (Å²) in [6.07, 6.45) is 7.23. The first-order valence-electron chi connectivity index (χ1n) is 10.9. The van der Waals surface area contributed by atoms with Gasteiger partial charge in [0, 0.05) is 55.4 Å². The summed E-state index contributed by atoms with van der Waals surface area (Å²) in [5.74, 6) is -0.298. The van der Waals surface area contributed by atoms with Gasteiger partial charge < -0.3 is 15.1 Å². The molecule has 2 N–H and O–H groups in total. The lowest BCUT2D eigenvalue weighted by atomic mass is 10.1. The number of carbonyl (C=O) groups is 2. The highest BCUT2D eigenvalue weighted by Gasteiger charge is 2.50. The average Bonchev–Trinajstić information content (AvgIpc) is 3.37. The number of pyridine rings is 1. The van der Waals surface area contributed by atoms with Crippen LogP contribution in [0, 0.1) is 0 Å². The number of β-lactam (4-membered cyclic amide) rings is 1. The first-order valence-corrected chi connectivity index (χ1v) is 14.3. The van der Waals surface area contributed by atoms with Crippen molar-refractivity contribution < 1.29 is 32.6 Å². The van der Waals surface area contributed by atoms with Gasteiger partial charge in [-0.25, -0.2) is 9.13 Å². The van der Waals surface area contributed by atoms with E-state index in [1.165, 1.54) is 20.3 Å². The molecule has 1 saturated heterocycles. The van der Waals surface area contributed by atoms with Gasteiger partial charge in [-0.05, 0) is 0 Å². The predicted molar refractivity (Wildman–Crippen MR) is 138 cm³/mol. The molecule has 196 valence electrons. The third-order valence-electron chi connectivity index (χ3n) is 5.20. The minimum absolute atomic E-state index is 0.0379. The predicted octanol–water partition coefficient (Wildman–Crippen LogP) is 1.53. The minimum atomic E-state index is -3.63. The van der Waals surface area contributed by atoms with E-state index in [1.54, 1.807) is 16.7 Å². The Bertz CT molecular complexity index is 1260. The second kappa shape index (κ2) is 12.0. The van der Waals surface area contributed by atoms with E-state index in [-0.39, 0.29) is 34.6 Å². The van der Waals surface area contributed by atoms with Gasteiger partial charge in [-0.15, -0.1) is 11.8 Å². The second-order valence-corrected chi connectivity index (χ2v) is 11.5. The van der Waals surface area contributed by atoms with E-state index in [9.17, 15) is 14.2 Å². The van der Waals surface area contributed by atoms with Crippen LogP contribution in [0.3, 0.4) is 0 Å². The van der Waals surface area contributed by atoms with Crippen molar-refractivity contribution >= 4 is 53.7 Å². The van der Waals surface area contributed by atoms with Gasteiger partial charge in [0.2, 0.25) is 16.7 Å². The normalized spacial score (nSPS) is 19.4. The number of anilines is 1. The summed E-state index contributed by atoms with van der Waals surface area (Å²) in [6, 6.07) is 5.09. The highest BCUT2D eigenvalue weighted by atomic mass is 32.2.